The molecule has 2 heterocycles. The first-order valence-electron chi connectivity index (χ1n) is 9.14. The van der Waals surface area contributed by atoms with Gasteiger partial charge in [-0.05, 0) is 62.8 Å². The number of aromatic nitrogens is 2. The van der Waals surface area contributed by atoms with Crippen LogP contribution in [0, 0.1) is 12.8 Å². The summed E-state index contributed by atoms with van der Waals surface area (Å²) in [5.74, 6) is 1.61. The number of hydroxylamine groups is 1. The van der Waals surface area contributed by atoms with Crippen LogP contribution in [-0.2, 0) is 6.61 Å². The van der Waals surface area contributed by atoms with Crippen LogP contribution in [0.15, 0.2) is 41.5 Å². The maximum Gasteiger partial charge on any atom is 0.225 e. The quantitative estimate of drug-likeness (QED) is 0.486. The van der Waals surface area contributed by atoms with Gasteiger partial charge in [0.15, 0.2) is 5.84 Å². The first kappa shape index (κ1) is 18.3. The number of rotatable bonds is 5. The van der Waals surface area contributed by atoms with Gasteiger partial charge in [0.25, 0.3) is 0 Å². The molecule has 0 saturated heterocycles. The number of nitrogens with one attached hydrogen (secondary N) is 1. The second-order valence-corrected chi connectivity index (χ2v) is 6.92. The summed E-state index contributed by atoms with van der Waals surface area (Å²) in [4.78, 5) is 13.5. The Labute approximate surface area is 154 Å². The molecule has 138 valence electrons. The summed E-state index contributed by atoms with van der Waals surface area (Å²) in [5.41, 5.74) is 4.57. The molecule has 1 fully saturated rings. The van der Waals surface area contributed by atoms with Gasteiger partial charge in [0.05, 0.1) is 17.3 Å². The maximum absolute atomic E-state index is 9.66. The Hall–Kier alpha value is -2.47. The van der Waals surface area contributed by atoms with E-state index in [1.54, 1.807) is 6.20 Å². The number of aliphatic imine (C=N–C) groups is 1. The molecule has 0 aliphatic heterocycles. The molecule has 0 atom stereocenters. The van der Waals surface area contributed by atoms with Crippen molar-refractivity contribution in [3.8, 4) is 5.88 Å². The van der Waals surface area contributed by atoms with Crippen LogP contribution >= 0.6 is 0 Å². The molecule has 0 amide bonds. The predicted molar refractivity (Wildman–Crippen MR) is 100 cm³/mol. The van der Waals surface area contributed by atoms with Crippen LogP contribution < -0.4 is 10.2 Å². The Kier molecular flexibility index (Phi) is 6.17. The smallest absolute Gasteiger partial charge is 0.225 e. The monoisotopic (exact) mass is 354 g/mol. The summed E-state index contributed by atoms with van der Waals surface area (Å²) < 4.78 is 5.89. The van der Waals surface area contributed by atoms with E-state index in [1.807, 2.05) is 37.3 Å². The van der Waals surface area contributed by atoms with Crippen LogP contribution in [0.2, 0.25) is 0 Å². The molecule has 6 nitrogen and oxygen atoms in total. The van der Waals surface area contributed by atoms with Crippen molar-refractivity contribution in [2.75, 3.05) is 0 Å². The van der Waals surface area contributed by atoms with E-state index in [4.69, 9.17) is 9.73 Å². The fraction of sp³-hybridized carbons (Fsp3) is 0.450. The summed E-state index contributed by atoms with van der Waals surface area (Å²) in [6, 6.07) is 9.67. The molecular weight excluding hydrogens is 328 g/mol. The fourth-order valence-electron chi connectivity index (χ4n) is 3.16. The molecule has 0 aromatic carbocycles. The molecule has 1 saturated carbocycles. The van der Waals surface area contributed by atoms with Gasteiger partial charge in [-0.1, -0.05) is 13.0 Å². The van der Waals surface area contributed by atoms with Crippen LogP contribution in [0.3, 0.4) is 0 Å². The van der Waals surface area contributed by atoms with Gasteiger partial charge in [-0.25, -0.2) is 4.98 Å². The Morgan fingerprint density at radius 2 is 2.04 bits per heavy atom. The van der Waals surface area contributed by atoms with Gasteiger partial charge >= 0.3 is 0 Å². The second kappa shape index (κ2) is 8.76. The third kappa shape index (κ3) is 4.79. The molecule has 0 spiro atoms. The number of aryl methyl sites for hydroxylation is 1. The average Bonchev–Trinajstić information content (AvgIpc) is 2.67. The summed E-state index contributed by atoms with van der Waals surface area (Å²) in [7, 11) is 0. The highest BCUT2D eigenvalue weighted by molar-refractivity contribution is 6.00. The van der Waals surface area contributed by atoms with Gasteiger partial charge < -0.3 is 4.74 Å². The molecule has 1 aliphatic carbocycles. The Bertz CT molecular complexity index is 741. The largest absolute Gasteiger partial charge is 0.471 e. The van der Waals surface area contributed by atoms with E-state index in [1.165, 1.54) is 12.8 Å². The van der Waals surface area contributed by atoms with Crippen LogP contribution in [0.5, 0.6) is 5.88 Å². The Morgan fingerprint density at radius 1 is 1.23 bits per heavy atom. The van der Waals surface area contributed by atoms with E-state index < -0.39 is 0 Å². The zero-order chi connectivity index (χ0) is 18.4. The highest BCUT2D eigenvalue weighted by atomic mass is 16.5. The minimum Gasteiger partial charge on any atom is -0.471 e. The highest BCUT2D eigenvalue weighted by Gasteiger charge is 2.20. The SMILES string of the molecule is Cc1ccc(C(=NC2CCC(C)CC2)NO)c(OCc2ccccn2)n1. The van der Waals surface area contributed by atoms with Crippen molar-refractivity contribution in [1.82, 2.24) is 15.4 Å². The molecule has 1 aliphatic rings. The van der Waals surface area contributed by atoms with Gasteiger partial charge in [0, 0.05) is 11.9 Å². The number of nitrogens with zero attached hydrogens (tertiary/aromatic N) is 3. The molecule has 2 aromatic heterocycles. The lowest BCUT2D eigenvalue weighted by atomic mass is 9.88. The van der Waals surface area contributed by atoms with Gasteiger partial charge in [-0.15, -0.1) is 0 Å². The number of amidine groups is 1. The van der Waals surface area contributed by atoms with E-state index in [9.17, 15) is 5.21 Å². The molecule has 6 heteroatoms. The summed E-state index contributed by atoms with van der Waals surface area (Å²) in [6.07, 6.45) is 6.14. The zero-order valence-corrected chi connectivity index (χ0v) is 15.4. The molecule has 2 N–H and O–H groups in total. The third-order valence-corrected chi connectivity index (χ3v) is 4.74. The van der Waals surface area contributed by atoms with Gasteiger partial charge in [0.1, 0.15) is 6.61 Å². The van der Waals surface area contributed by atoms with Crippen LogP contribution in [-0.4, -0.2) is 27.1 Å². The van der Waals surface area contributed by atoms with E-state index in [0.717, 1.165) is 30.1 Å². The number of hydrogen-bond donors (Lipinski definition) is 2. The van der Waals surface area contributed by atoms with Crippen molar-refractivity contribution in [3.05, 3.63) is 53.5 Å². The van der Waals surface area contributed by atoms with Crippen LogP contribution in [0.25, 0.3) is 0 Å². The Balaban J connectivity index is 1.80. The first-order chi connectivity index (χ1) is 12.7. The van der Waals surface area contributed by atoms with Crippen LogP contribution in [0.1, 0.15) is 49.6 Å². The topological polar surface area (TPSA) is 79.6 Å². The summed E-state index contributed by atoms with van der Waals surface area (Å²) in [5, 5.41) is 9.66. The van der Waals surface area contributed by atoms with Crippen molar-refractivity contribution < 1.29 is 9.94 Å². The van der Waals surface area contributed by atoms with Crippen molar-refractivity contribution in [1.29, 1.82) is 0 Å². The lowest BCUT2D eigenvalue weighted by Gasteiger charge is -2.24. The molecule has 2 aromatic rings. The van der Waals surface area contributed by atoms with E-state index in [-0.39, 0.29) is 6.04 Å². The van der Waals surface area contributed by atoms with E-state index in [0.29, 0.717) is 23.9 Å². The average molecular weight is 354 g/mol. The number of pyridine rings is 2. The molecule has 0 unspecified atom stereocenters. The molecule has 0 radical (unpaired) electrons. The van der Waals surface area contributed by atoms with Crippen LogP contribution in [0.4, 0.5) is 0 Å². The first-order valence-corrected chi connectivity index (χ1v) is 9.14. The van der Waals surface area contributed by atoms with E-state index in [2.05, 4.69) is 22.4 Å². The zero-order valence-electron chi connectivity index (χ0n) is 15.4. The highest BCUT2D eigenvalue weighted by Crippen LogP contribution is 2.26. The van der Waals surface area contributed by atoms with Gasteiger partial charge in [-0.2, -0.15) is 0 Å². The summed E-state index contributed by atoms with van der Waals surface area (Å²) in [6.45, 7) is 4.49. The minimum atomic E-state index is 0.214. The number of hydrogen-bond acceptors (Lipinski definition) is 5. The minimum absolute atomic E-state index is 0.214. The normalized spacial score (nSPS) is 20.7. The molecular formula is C20H26N4O2. The molecule has 26 heavy (non-hydrogen) atoms. The van der Waals surface area contributed by atoms with Gasteiger partial charge in [-0.3, -0.25) is 20.7 Å². The Morgan fingerprint density at radius 3 is 2.73 bits per heavy atom. The predicted octanol–water partition coefficient (Wildman–Crippen LogP) is 3.67. The van der Waals surface area contributed by atoms with Crippen molar-refractivity contribution in [2.45, 2.75) is 52.2 Å². The molecule has 0 bridgehead atoms. The van der Waals surface area contributed by atoms with Crippen molar-refractivity contribution in [2.24, 2.45) is 10.9 Å². The maximum atomic E-state index is 9.66. The van der Waals surface area contributed by atoms with Crippen molar-refractivity contribution >= 4 is 5.84 Å². The van der Waals surface area contributed by atoms with E-state index >= 15 is 0 Å². The van der Waals surface area contributed by atoms with Gasteiger partial charge in [0.2, 0.25) is 5.88 Å². The fourth-order valence-corrected chi connectivity index (χ4v) is 3.16. The third-order valence-electron chi connectivity index (χ3n) is 4.74. The lowest BCUT2D eigenvalue weighted by Crippen LogP contribution is -2.26. The summed E-state index contributed by atoms with van der Waals surface area (Å²) >= 11 is 0. The standard InChI is InChI=1S/C20H26N4O2/c1-14-6-9-16(10-7-14)23-19(24-25)18-11-8-15(2)22-20(18)26-13-17-5-3-4-12-21-17/h3-5,8,11-12,14,16,25H,6-7,9-10,13H2,1-2H3,(H,23,24). The number of ether oxygens (including phenoxy) is 1. The van der Waals surface area contributed by atoms with Crippen molar-refractivity contribution in [3.63, 3.8) is 0 Å². The molecule has 3 rings (SSSR count). The lowest BCUT2D eigenvalue weighted by molar-refractivity contribution is 0.231. The second-order valence-electron chi connectivity index (χ2n) is 6.92.